The lowest BCUT2D eigenvalue weighted by Gasteiger charge is -2.03. The molecular weight excluding hydrogens is 224 g/mol. The van der Waals surface area contributed by atoms with E-state index in [1.807, 2.05) is 13.0 Å². The normalized spacial score (nSPS) is 10.3. The highest BCUT2D eigenvalue weighted by Crippen LogP contribution is 2.30. The Hall–Kier alpha value is -1.82. The van der Waals surface area contributed by atoms with Crippen LogP contribution in [-0.2, 0) is 0 Å². The zero-order valence-corrected chi connectivity index (χ0v) is 9.41. The number of rotatable bonds is 3. The highest BCUT2D eigenvalue weighted by Gasteiger charge is 2.11. The van der Waals surface area contributed by atoms with Crippen molar-refractivity contribution in [3.05, 3.63) is 35.9 Å². The number of amidine groups is 1. The molecule has 5 nitrogen and oxygen atoms in total. The van der Waals surface area contributed by atoms with Crippen LogP contribution in [0.2, 0.25) is 0 Å². The van der Waals surface area contributed by atoms with Crippen molar-refractivity contribution in [1.29, 1.82) is 5.41 Å². The first kappa shape index (κ1) is 10.7. The average Bonchev–Trinajstić information content (AvgIpc) is 2.65. The molecule has 0 aliphatic carbocycles. The van der Waals surface area contributed by atoms with Gasteiger partial charge in [0.25, 0.3) is 0 Å². The maximum atomic E-state index is 7.43. The van der Waals surface area contributed by atoms with Gasteiger partial charge in [0.2, 0.25) is 0 Å². The molecule has 82 valence electrons. The monoisotopic (exact) mass is 234 g/mol. The van der Waals surface area contributed by atoms with E-state index in [2.05, 4.69) is 10.2 Å². The van der Waals surface area contributed by atoms with Crippen LogP contribution in [0.15, 0.2) is 38.9 Å². The van der Waals surface area contributed by atoms with Crippen LogP contribution in [0.5, 0.6) is 0 Å². The minimum Gasteiger partial charge on any atom is -0.468 e. The molecule has 2 aromatic rings. The van der Waals surface area contributed by atoms with Crippen molar-refractivity contribution in [3.8, 4) is 0 Å². The van der Waals surface area contributed by atoms with E-state index < -0.39 is 0 Å². The fraction of sp³-hybridized carbons (Fsp3) is 0.100. The third-order valence-corrected chi connectivity index (χ3v) is 3.13. The number of nitrogens with zero attached hydrogens (tertiary/aromatic N) is 2. The molecule has 0 saturated carbocycles. The Bertz CT molecular complexity index is 523. The Labute approximate surface area is 96.6 Å². The fourth-order valence-corrected chi connectivity index (χ4v) is 2.08. The first-order chi connectivity index (χ1) is 7.68. The Morgan fingerprint density at radius 3 is 2.94 bits per heavy atom. The molecule has 2 rings (SSSR count). The second-order valence-corrected chi connectivity index (χ2v) is 4.14. The van der Waals surface area contributed by atoms with Gasteiger partial charge >= 0.3 is 0 Å². The minimum absolute atomic E-state index is 0.0152. The molecule has 0 fully saturated rings. The SMILES string of the molecule is Cc1occc1Sc1nnccc1C(=N)N. The van der Waals surface area contributed by atoms with Gasteiger partial charge in [0.15, 0.2) is 0 Å². The van der Waals surface area contributed by atoms with E-state index in [4.69, 9.17) is 15.6 Å². The average molecular weight is 234 g/mol. The number of nitrogens with one attached hydrogen (secondary N) is 1. The maximum Gasteiger partial charge on any atom is 0.135 e. The number of nitrogen functional groups attached to an aromatic ring is 1. The van der Waals surface area contributed by atoms with Gasteiger partial charge < -0.3 is 10.2 Å². The van der Waals surface area contributed by atoms with Crippen molar-refractivity contribution in [2.24, 2.45) is 5.73 Å². The summed E-state index contributed by atoms with van der Waals surface area (Å²) in [6.45, 7) is 1.87. The van der Waals surface area contributed by atoms with E-state index >= 15 is 0 Å². The van der Waals surface area contributed by atoms with E-state index in [0.717, 1.165) is 10.7 Å². The standard InChI is InChI=1S/C10H10N4OS/c1-6-8(3-5-15-6)16-10-7(9(11)12)2-4-13-14-10/h2-5H,1H3,(H3,11,12). The van der Waals surface area contributed by atoms with Crippen molar-refractivity contribution < 1.29 is 4.42 Å². The Morgan fingerprint density at radius 1 is 1.50 bits per heavy atom. The predicted octanol–water partition coefficient (Wildman–Crippen LogP) is 1.81. The van der Waals surface area contributed by atoms with Gasteiger partial charge in [-0.1, -0.05) is 11.8 Å². The van der Waals surface area contributed by atoms with Crippen LogP contribution in [0.1, 0.15) is 11.3 Å². The van der Waals surface area contributed by atoms with E-state index in [1.165, 1.54) is 18.0 Å². The highest BCUT2D eigenvalue weighted by atomic mass is 32.2. The molecule has 2 aromatic heterocycles. The number of hydrogen-bond donors (Lipinski definition) is 2. The molecule has 6 heteroatoms. The fourth-order valence-electron chi connectivity index (χ4n) is 1.18. The number of aromatic nitrogens is 2. The van der Waals surface area contributed by atoms with Gasteiger partial charge in [-0.05, 0) is 19.1 Å². The molecular formula is C10H10N4OS. The Kier molecular flexibility index (Phi) is 2.91. The smallest absolute Gasteiger partial charge is 0.135 e. The molecule has 16 heavy (non-hydrogen) atoms. The molecule has 0 atom stereocenters. The van der Waals surface area contributed by atoms with E-state index in [0.29, 0.717) is 10.6 Å². The summed E-state index contributed by atoms with van der Waals surface area (Å²) in [7, 11) is 0. The quantitative estimate of drug-likeness (QED) is 0.624. The first-order valence-corrected chi connectivity index (χ1v) is 5.38. The number of aryl methyl sites for hydroxylation is 1. The van der Waals surface area contributed by atoms with Crippen LogP contribution in [0.25, 0.3) is 0 Å². The molecule has 0 saturated heterocycles. The second-order valence-electron chi connectivity index (χ2n) is 3.11. The van der Waals surface area contributed by atoms with Crippen molar-refractivity contribution >= 4 is 17.6 Å². The van der Waals surface area contributed by atoms with Gasteiger partial charge in [0.1, 0.15) is 16.6 Å². The Balaban J connectivity index is 2.35. The maximum absolute atomic E-state index is 7.43. The molecule has 3 N–H and O–H groups in total. The van der Waals surface area contributed by atoms with Crippen molar-refractivity contribution in [3.63, 3.8) is 0 Å². The van der Waals surface area contributed by atoms with Gasteiger partial charge in [0, 0.05) is 0 Å². The van der Waals surface area contributed by atoms with Gasteiger partial charge in [-0.3, -0.25) is 5.41 Å². The lowest BCUT2D eigenvalue weighted by Crippen LogP contribution is -2.13. The van der Waals surface area contributed by atoms with Crippen LogP contribution >= 0.6 is 11.8 Å². The predicted molar refractivity (Wildman–Crippen MR) is 60.6 cm³/mol. The lowest BCUT2D eigenvalue weighted by molar-refractivity contribution is 0.527. The summed E-state index contributed by atoms with van der Waals surface area (Å²) in [6.07, 6.45) is 3.13. The largest absolute Gasteiger partial charge is 0.468 e. The summed E-state index contributed by atoms with van der Waals surface area (Å²) in [6, 6.07) is 3.52. The first-order valence-electron chi connectivity index (χ1n) is 4.56. The summed E-state index contributed by atoms with van der Waals surface area (Å²) in [5.41, 5.74) is 6.04. The summed E-state index contributed by atoms with van der Waals surface area (Å²) in [5, 5.41) is 15.8. The van der Waals surface area contributed by atoms with Gasteiger partial charge in [-0.2, -0.15) is 5.10 Å². The summed E-state index contributed by atoms with van der Waals surface area (Å²) in [5.74, 6) is 0.795. The Morgan fingerprint density at radius 2 is 2.31 bits per heavy atom. The molecule has 0 amide bonds. The molecule has 0 unspecified atom stereocenters. The molecule has 0 aliphatic heterocycles. The molecule has 0 bridgehead atoms. The third-order valence-electron chi connectivity index (χ3n) is 1.99. The van der Waals surface area contributed by atoms with Crippen LogP contribution < -0.4 is 5.73 Å². The number of nitrogens with two attached hydrogens (primary N) is 1. The topological polar surface area (TPSA) is 88.8 Å². The molecule has 0 spiro atoms. The summed E-state index contributed by atoms with van der Waals surface area (Å²) < 4.78 is 5.18. The van der Waals surface area contributed by atoms with Gasteiger partial charge in [0.05, 0.1) is 22.9 Å². The van der Waals surface area contributed by atoms with Gasteiger partial charge in [-0.15, -0.1) is 5.10 Å². The van der Waals surface area contributed by atoms with Crippen LogP contribution in [-0.4, -0.2) is 16.0 Å². The summed E-state index contributed by atoms with van der Waals surface area (Å²) >= 11 is 1.39. The second kappa shape index (κ2) is 4.36. The van der Waals surface area contributed by atoms with Crippen LogP contribution in [0, 0.1) is 12.3 Å². The van der Waals surface area contributed by atoms with E-state index in [1.54, 1.807) is 12.3 Å². The van der Waals surface area contributed by atoms with Crippen LogP contribution in [0.4, 0.5) is 0 Å². The minimum atomic E-state index is -0.0152. The molecule has 0 aromatic carbocycles. The number of furan rings is 1. The highest BCUT2D eigenvalue weighted by molar-refractivity contribution is 7.99. The van der Waals surface area contributed by atoms with Crippen molar-refractivity contribution in [2.75, 3.05) is 0 Å². The lowest BCUT2D eigenvalue weighted by atomic mass is 10.3. The zero-order chi connectivity index (χ0) is 11.5. The van der Waals surface area contributed by atoms with E-state index in [9.17, 15) is 0 Å². The van der Waals surface area contributed by atoms with Crippen LogP contribution in [0.3, 0.4) is 0 Å². The zero-order valence-electron chi connectivity index (χ0n) is 8.60. The van der Waals surface area contributed by atoms with Gasteiger partial charge in [-0.25, -0.2) is 0 Å². The van der Waals surface area contributed by atoms with Crippen molar-refractivity contribution in [2.45, 2.75) is 16.8 Å². The molecule has 0 aliphatic rings. The van der Waals surface area contributed by atoms with Crippen molar-refractivity contribution in [1.82, 2.24) is 10.2 Å². The van der Waals surface area contributed by atoms with E-state index in [-0.39, 0.29) is 5.84 Å². The summed E-state index contributed by atoms with van der Waals surface area (Å²) in [4.78, 5) is 0.947. The number of hydrogen-bond acceptors (Lipinski definition) is 5. The third kappa shape index (κ3) is 2.06. The molecule has 0 radical (unpaired) electrons. The molecule has 2 heterocycles.